The first-order chi connectivity index (χ1) is 10.4. The van der Waals surface area contributed by atoms with Crippen LogP contribution in [0, 0.1) is 17.8 Å². The van der Waals surface area contributed by atoms with Crippen LogP contribution in [0.15, 0.2) is 18.2 Å². The van der Waals surface area contributed by atoms with Gasteiger partial charge in [-0.1, -0.05) is 6.07 Å². The number of carbonyl (C=O) groups is 1. The summed E-state index contributed by atoms with van der Waals surface area (Å²) < 4.78 is 27.6. The predicted octanol–water partition coefficient (Wildman–Crippen LogP) is 3.24. The molecule has 2 heterocycles. The van der Waals surface area contributed by atoms with E-state index in [4.69, 9.17) is 6.57 Å². The average Bonchev–Trinajstić information content (AvgIpc) is 2.98. The molecule has 1 aromatic carbocycles. The quantitative estimate of drug-likeness (QED) is 0.785. The highest BCUT2D eigenvalue weighted by Gasteiger charge is 2.55. The topological polar surface area (TPSA) is 27.9 Å². The highest BCUT2D eigenvalue weighted by molar-refractivity contribution is 5.85. The van der Waals surface area contributed by atoms with Crippen molar-refractivity contribution in [3.8, 4) is 0 Å². The molecule has 2 saturated heterocycles. The fourth-order valence-corrected chi connectivity index (χ4v) is 3.29. The largest absolute Gasteiger partial charge is 0.273 e. The van der Waals surface area contributed by atoms with Crippen molar-refractivity contribution in [1.29, 1.82) is 0 Å². The number of amides is 1. The lowest BCUT2D eigenvalue weighted by molar-refractivity contribution is -0.144. The van der Waals surface area contributed by atoms with Gasteiger partial charge in [0.2, 0.25) is 5.91 Å². The van der Waals surface area contributed by atoms with Gasteiger partial charge in [0.05, 0.1) is 18.0 Å². The zero-order chi connectivity index (χ0) is 16.1. The lowest BCUT2D eigenvalue weighted by atomic mass is 9.85. The second-order valence-corrected chi connectivity index (χ2v) is 6.23. The summed E-state index contributed by atoms with van der Waals surface area (Å²) in [6.07, 6.45) is -0.596. The van der Waals surface area contributed by atoms with Crippen molar-refractivity contribution in [2.24, 2.45) is 5.41 Å². The van der Waals surface area contributed by atoms with E-state index in [1.807, 2.05) is 5.01 Å². The first-order valence-electron chi connectivity index (χ1n) is 7.27. The molecule has 22 heavy (non-hydrogen) atoms. The molecule has 0 aromatic heterocycles. The number of hydrazine groups is 1. The van der Waals surface area contributed by atoms with Gasteiger partial charge in [0.15, 0.2) is 5.69 Å². The smallest absolute Gasteiger partial charge is 0.247 e. The first-order valence-corrected chi connectivity index (χ1v) is 7.27. The number of halogens is 2. The van der Waals surface area contributed by atoms with Crippen molar-refractivity contribution in [3.05, 3.63) is 41.0 Å². The lowest BCUT2D eigenvalue weighted by Crippen LogP contribution is -2.39. The van der Waals surface area contributed by atoms with E-state index >= 15 is 0 Å². The Hall–Kier alpha value is -2.00. The monoisotopic (exact) mass is 305 g/mol. The standard InChI is InChI=1S/C16H17F2N3O/c1-10(17)16(2)9-20-5-4-14(21(20)15(16)22)11-6-12(18)8-13(7-11)19-3/h6-8,10,14H,4-5,9H2,1-2H3/t10?,14-,16+/m1/s1. The van der Waals surface area contributed by atoms with Crippen LogP contribution in [0.25, 0.3) is 4.85 Å². The average molecular weight is 305 g/mol. The molecule has 3 atom stereocenters. The number of alkyl halides is 1. The number of carbonyl (C=O) groups excluding carboxylic acids is 1. The third kappa shape index (κ3) is 2.08. The van der Waals surface area contributed by atoms with Crippen LogP contribution in [-0.4, -0.2) is 35.2 Å². The molecule has 0 radical (unpaired) electrons. The van der Waals surface area contributed by atoms with Gasteiger partial charge >= 0.3 is 0 Å². The highest BCUT2D eigenvalue weighted by Crippen LogP contribution is 2.45. The Morgan fingerprint density at radius 3 is 2.82 bits per heavy atom. The number of benzene rings is 1. The van der Waals surface area contributed by atoms with E-state index < -0.39 is 17.4 Å². The molecule has 4 nitrogen and oxygen atoms in total. The van der Waals surface area contributed by atoms with Gasteiger partial charge in [-0.3, -0.25) is 9.80 Å². The lowest BCUT2D eigenvalue weighted by Gasteiger charge is -2.27. The molecule has 0 aliphatic carbocycles. The number of rotatable bonds is 2. The summed E-state index contributed by atoms with van der Waals surface area (Å²) in [7, 11) is 0. The fourth-order valence-electron chi connectivity index (χ4n) is 3.29. The van der Waals surface area contributed by atoms with Crippen molar-refractivity contribution in [2.45, 2.75) is 32.5 Å². The molecule has 1 aromatic rings. The van der Waals surface area contributed by atoms with Gasteiger partial charge in [0.1, 0.15) is 12.0 Å². The SMILES string of the molecule is [C-]#[N+]c1cc(F)cc([C@H]2CCN3C[C@@](C)(C(C)F)C(=O)N23)c1. The maximum absolute atomic E-state index is 13.9. The summed E-state index contributed by atoms with van der Waals surface area (Å²) in [6, 6.07) is 3.80. The summed E-state index contributed by atoms with van der Waals surface area (Å²) in [4.78, 5) is 15.9. The molecule has 0 bridgehead atoms. The summed E-state index contributed by atoms with van der Waals surface area (Å²) in [5.41, 5.74) is -0.256. The second-order valence-electron chi connectivity index (χ2n) is 6.23. The molecule has 0 saturated carbocycles. The van der Waals surface area contributed by atoms with Crippen molar-refractivity contribution < 1.29 is 13.6 Å². The molecule has 2 aliphatic rings. The number of hydrogen-bond acceptors (Lipinski definition) is 2. The fraction of sp³-hybridized carbons (Fsp3) is 0.500. The minimum Gasteiger partial charge on any atom is -0.273 e. The van der Waals surface area contributed by atoms with Crippen LogP contribution in [0.3, 0.4) is 0 Å². The van der Waals surface area contributed by atoms with Crippen LogP contribution in [-0.2, 0) is 4.79 Å². The van der Waals surface area contributed by atoms with Gasteiger partial charge in [-0.05, 0) is 38.0 Å². The Kier molecular flexibility index (Phi) is 3.41. The minimum atomic E-state index is -1.25. The normalized spacial score (nSPS) is 29.5. The van der Waals surface area contributed by atoms with Crippen molar-refractivity contribution >= 4 is 11.6 Å². The Morgan fingerprint density at radius 1 is 1.45 bits per heavy atom. The molecule has 116 valence electrons. The molecule has 2 aliphatic heterocycles. The molecular weight excluding hydrogens is 288 g/mol. The van der Waals surface area contributed by atoms with Gasteiger partial charge in [-0.2, -0.15) is 0 Å². The summed E-state index contributed by atoms with van der Waals surface area (Å²) in [6.45, 7) is 11.0. The maximum atomic E-state index is 13.9. The number of fused-ring (bicyclic) bond motifs is 1. The van der Waals surface area contributed by atoms with Gasteiger partial charge in [-0.15, -0.1) is 0 Å². The first kappa shape index (κ1) is 14.9. The molecule has 3 rings (SSSR count). The molecule has 1 unspecified atom stereocenters. The predicted molar refractivity (Wildman–Crippen MR) is 77.1 cm³/mol. The zero-order valence-corrected chi connectivity index (χ0v) is 12.5. The van der Waals surface area contributed by atoms with Crippen LogP contribution in [0.2, 0.25) is 0 Å². The Labute approximate surface area is 128 Å². The van der Waals surface area contributed by atoms with Crippen molar-refractivity contribution in [2.75, 3.05) is 13.1 Å². The van der Waals surface area contributed by atoms with E-state index in [0.717, 1.165) is 0 Å². The van der Waals surface area contributed by atoms with Gasteiger partial charge in [0.25, 0.3) is 0 Å². The van der Waals surface area contributed by atoms with Gasteiger partial charge < -0.3 is 0 Å². The van der Waals surface area contributed by atoms with Crippen LogP contribution in [0.5, 0.6) is 0 Å². The number of hydrogen-bond donors (Lipinski definition) is 0. The summed E-state index contributed by atoms with van der Waals surface area (Å²) in [5, 5.41) is 3.39. The summed E-state index contributed by atoms with van der Waals surface area (Å²) >= 11 is 0. The van der Waals surface area contributed by atoms with Crippen molar-refractivity contribution in [3.63, 3.8) is 0 Å². The molecule has 0 spiro atoms. The van der Waals surface area contributed by atoms with Gasteiger partial charge in [-0.25, -0.2) is 18.6 Å². The van der Waals surface area contributed by atoms with Gasteiger partial charge in [0, 0.05) is 13.1 Å². The molecule has 0 N–H and O–H groups in total. The van der Waals surface area contributed by atoms with E-state index in [2.05, 4.69) is 4.85 Å². The van der Waals surface area contributed by atoms with Crippen LogP contribution in [0.4, 0.5) is 14.5 Å². The van der Waals surface area contributed by atoms with Crippen LogP contribution in [0.1, 0.15) is 31.9 Å². The zero-order valence-electron chi connectivity index (χ0n) is 12.5. The van der Waals surface area contributed by atoms with E-state index in [-0.39, 0.29) is 17.6 Å². The highest BCUT2D eigenvalue weighted by atomic mass is 19.1. The van der Waals surface area contributed by atoms with Crippen LogP contribution < -0.4 is 0 Å². The molecule has 6 heteroatoms. The van der Waals surface area contributed by atoms with Crippen LogP contribution >= 0.6 is 0 Å². The Morgan fingerprint density at radius 2 is 2.18 bits per heavy atom. The summed E-state index contributed by atoms with van der Waals surface area (Å²) in [5.74, 6) is -0.756. The maximum Gasteiger partial charge on any atom is 0.247 e. The molecule has 1 amide bonds. The number of nitrogens with zero attached hydrogens (tertiary/aromatic N) is 3. The second kappa shape index (κ2) is 5.03. The van der Waals surface area contributed by atoms with E-state index in [1.54, 1.807) is 18.0 Å². The third-order valence-electron chi connectivity index (χ3n) is 4.76. The molecular formula is C16H17F2N3O. The molecule has 2 fully saturated rings. The Balaban J connectivity index is 1.97. The Bertz CT molecular complexity index is 670. The van der Waals surface area contributed by atoms with E-state index in [1.165, 1.54) is 19.1 Å². The third-order valence-corrected chi connectivity index (χ3v) is 4.76. The van der Waals surface area contributed by atoms with E-state index in [9.17, 15) is 13.6 Å². The minimum absolute atomic E-state index is 0.210. The van der Waals surface area contributed by atoms with Crippen molar-refractivity contribution in [1.82, 2.24) is 10.0 Å². The van der Waals surface area contributed by atoms with E-state index in [0.29, 0.717) is 25.1 Å².